The van der Waals surface area contributed by atoms with Crippen LogP contribution in [-0.4, -0.2) is 72.0 Å². The number of hydrogen-bond acceptors (Lipinski definition) is 6. The highest BCUT2D eigenvalue weighted by atomic mass is 19.1. The first-order valence-electron chi connectivity index (χ1n) is 10.8. The van der Waals surface area contributed by atoms with Gasteiger partial charge in [0.1, 0.15) is 12.4 Å². The molecule has 0 spiro atoms. The first kappa shape index (κ1) is 17.8. The molecule has 4 heterocycles. The minimum atomic E-state index is -0.638. The Morgan fingerprint density at radius 1 is 1.00 bits per heavy atom. The van der Waals surface area contributed by atoms with Gasteiger partial charge in [-0.15, -0.1) is 0 Å². The number of aliphatic hydroxyl groups is 1. The summed E-state index contributed by atoms with van der Waals surface area (Å²) in [6, 6.07) is 0.378. The van der Waals surface area contributed by atoms with Crippen molar-refractivity contribution < 1.29 is 9.50 Å². The molecule has 7 heteroatoms. The lowest BCUT2D eigenvalue weighted by molar-refractivity contribution is -0.0488. The normalized spacial score (nSPS) is 52.6. The van der Waals surface area contributed by atoms with Gasteiger partial charge in [0, 0.05) is 25.0 Å². The van der Waals surface area contributed by atoms with Crippen LogP contribution in [-0.2, 0) is 0 Å². The third-order valence-corrected chi connectivity index (χ3v) is 7.59. The van der Waals surface area contributed by atoms with Crippen LogP contribution in [0.15, 0.2) is 0 Å². The van der Waals surface area contributed by atoms with E-state index in [0.717, 1.165) is 32.4 Å². The van der Waals surface area contributed by atoms with E-state index in [0.29, 0.717) is 30.7 Å². The summed E-state index contributed by atoms with van der Waals surface area (Å²) in [5.74, 6) is 1.27. The third kappa shape index (κ3) is 3.31. The second-order valence-corrected chi connectivity index (χ2v) is 9.28. The molecule has 0 aromatic carbocycles. The molecular formula is C19H34FN5O. The van der Waals surface area contributed by atoms with Crippen LogP contribution in [0, 0.1) is 17.8 Å². The molecule has 5 rings (SSSR count). The molecule has 6 nitrogen and oxygen atoms in total. The van der Waals surface area contributed by atoms with E-state index in [9.17, 15) is 9.50 Å². The maximum absolute atomic E-state index is 14.2. The standard InChI is InChI=1S/C19H34FN5O/c20-14-3-4-16-13(9-14)2-1-6-24-7-5-12(11-24)8-17-22-18-15(19(26)23-17)10-21-25(16)18/h12-19,21-23,26H,1-11H2/t12-,13?,14?,15?,16?,17?,18?,19?/m1/s1. The Hall–Kier alpha value is -0.310. The Bertz CT molecular complexity index is 510. The molecule has 4 aliphatic heterocycles. The lowest BCUT2D eigenvalue weighted by Crippen LogP contribution is -2.67. The van der Waals surface area contributed by atoms with Crippen molar-refractivity contribution in [3.8, 4) is 0 Å². The summed E-state index contributed by atoms with van der Waals surface area (Å²) >= 11 is 0. The van der Waals surface area contributed by atoms with Crippen molar-refractivity contribution in [2.75, 3.05) is 26.2 Å². The molecule has 148 valence electrons. The summed E-state index contributed by atoms with van der Waals surface area (Å²) in [5.41, 5.74) is 3.57. The number of nitrogens with zero attached hydrogens (tertiary/aromatic N) is 2. The monoisotopic (exact) mass is 367 g/mol. The number of fused-ring (bicyclic) bond motifs is 5. The number of aliphatic hydroxyl groups excluding tert-OH is 1. The van der Waals surface area contributed by atoms with Gasteiger partial charge in [0.2, 0.25) is 0 Å². The molecule has 4 bridgehead atoms. The fourth-order valence-corrected chi connectivity index (χ4v) is 6.24. The maximum Gasteiger partial charge on any atom is 0.113 e. The third-order valence-electron chi connectivity index (χ3n) is 7.59. The fourth-order valence-electron chi connectivity index (χ4n) is 6.24. The van der Waals surface area contributed by atoms with Crippen molar-refractivity contribution in [2.24, 2.45) is 17.8 Å². The van der Waals surface area contributed by atoms with Crippen molar-refractivity contribution >= 4 is 0 Å². The van der Waals surface area contributed by atoms with Gasteiger partial charge in [-0.3, -0.25) is 16.1 Å². The van der Waals surface area contributed by atoms with Crippen LogP contribution in [0.1, 0.15) is 44.9 Å². The van der Waals surface area contributed by atoms with Crippen molar-refractivity contribution in [3.05, 3.63) is 0 Å². The van der Waals surface area contributed by atoms with Gasteiger partial charge in [0.25, 0.3) is 0 Å². The smallest absolute Gasteiger partial charge is 0.113 e. The lowest BCUT2D eigenvalue weighted by atomic mass is 9.80. The Balaban J connectivity index is 1.41. The summed E-state index contributed by atoms with van der Waals surface area (Å²) in [6.07, 6.45) is 6.13. The fraction of sp³-hybridized carbons (Fsp3) is 1.00. The number of alkyl halides is 1. The second kappa shape index (κ2) is 7.26. The van der Waals surface area contributed by atoms with Crippen LogP contribution in [0.25, 0.3) is 0 Å². The molecule has 0 aromatic rings. The van der Waals surface area contributed by atoms with E-state index in [-0.39, 0.29) is 18.2 Å². The zero-order valence-corrected chi connectivity index (χ0v) is 15.6. The van der Waals surface area contributed by atoms with E-state index in [1.165, 1.54) is 25.9 Å². The van der Waals surface area contributed by atoms with Crippen molar-refractivity contribution in [3.63, 3.8) is 0 Å². The van der Waals surface area contributed by atoms with Crippen LogP contribution >= 0.6 is 0 Å². The molecule has 1 saturated carbocycles. The van der Waals surface area contributed by atoms with Gasteiger partial charge < -0.3 is 10.0 Å². The first-order valence-corrected chi connectivity index (χ1v) is 10.8. The van der Waals surface area contributed by atoms with Gasteiger partial charge in [-0.2, -0.15) is 0 Å². The van der Waals surface area contributed by atoms with Gasteiger partial charge in [-0.25, -0.2) is 9.40 Å². The molecule has 4 saturated heterocycles. The summed E-state index contributed by atoms with van der Waals surface area (Å²) in [6.45, 7) is 4.31. The van der Waals surface area contributed by atoms with Crippen LogP contribution in [0.5, 0.6) is 0 Å². The van der Waals surface area contributed by atoms with E-state index in [1.807, 2.05) is 0 Å². The quantitative estimate of drug-likeness (QED) is 0.503. The lowest BCUT2D eigenvalue weighted by Gasteiger charge is -2.46. The number of halogens is 1. The Labute approximate surface area is 155 Å². The second-order valence-electron chi connectivity index (χ2n) is 9.28. The SMILES string of the molecule is OC1NC2C[C@H]3CCN(CCCC4CC(F)CCC4N4NCC1C4N2)C3. The van der Waals surface area contributed by atoms with Gasteiger partial charge in [-0.05, 0) is 69.9 Å². The van der Waals surface area contributed by atoms with Gasteiger partial charge in [0.15, 0.2) is 0 Å². The number of nitrogens with one attached hydrogen (secondary N) is 3. The molecule has 0 radical (unpaired) electrons. The average Bonchev–Trinajstić information content (AvgIpc) is 3.22. The molecule has 26 heavy (non-hydrogen) atoms. The highest BCUT2D eigenvalue weighted by Gasteiger charge is 2.48. The highest BCUT2D eigenvalue weighted by molar-refractivity contribution is 4.99. The zero-order chi connectivity index (χ0) is 17.7. The Kier molecular flexibility index (Phi) is 4.96. The molecule has 0 aromatic heterocycles. The molecule has 8 unspecified atom stereocenters. The summed E-state index contributed by atoms with van der Waals surface area (Å²) in [4.78, 5) is 2.59. The van der Waals surface area contributed by atoms with E-state index in [2.05, 4.69) is 26.0 Å². The topological polar surface area (TPSA) is 62.8 Å². The van der Waals surface area contributed by atoms with Crippen LogP contribution in [0.2, 0.25) is 0 Å². The van der Waals surface area contributed by atoms with Gasteiger partial charge in [-0.1, -0.05) is 0 Å². The number of rotatable bonds is 0. The minimum absolute atomic E-state index is 0.151. The molecule has 5 fully saturated rings. The number of hydrazine groups is 1. The number of hydrogen-bond donors (Lipinski definition) is 4. The van der Waals surface area contributed by atoms with Crippen LogP contribution < -0.4 is 16.1 Å². The Morgan fingerprint density at radius 2 is 1.92 bits per heavy atom. The van der Waals surface area contributed by atoms with E-state index in [4.69, 9.17) is 0 Å². The van der Waals surface area contributed by atoms with Gasteiger partial charge >= 0.3 is 0 Å². The summed E-state index contributed by atoms with van der Waals surface area (Å²) < 4.78 is 14.2. The molecule has 4 N–H and O–H groups in total. The first-order chi connectivity index (χ1) is 12.7. The van der Waals surface area contributed by atoms with Crippen LogP contribution in [0.4, 0.5) is 4.39 Å². The van der Waals surface area contributed by atoms with Crippen molar-refractivity contribution in [1.82, 2.24) is 26.0 Å². The van der Waals surface area contributed by atoms with Crippen LogP contribution in [0.3, 0.4) is 0 Å². The molecule has 9 atom stereocenters. The molecule has 1 aliphatic carbocycles. The Morgan fingerprint density at radius 3 is 2.85 bits per heavy atom. The van der Waals surface area contributed by atoms with E-state index >= 15 is 0 Å². The average molecular weight is 368 g/mol. The molecule has 5 aliphatic rings. The van der Waals surface area contributed by atoms with Crippen molar-refractivity contribution in [2.45, 2.75) is 75.7 Å². The van der Waals surface area contributed by atoms with E-state index in [1.54, 1.807) is 0 Å². The zero-order valence-electron chi connectivity index (χ0n) is 15.6. The molecular weight excluding hydrogens is 333 g/mol. The largest absolute Gasteiger partial charge is 0.378 e. The predicted octanol–water partition coefficient (Wildman–Crippen LogP) is 0.599. The maximum atomic E-state index is 14.2. The van der Waals surface area contributed by atoms with Crippen molar-refractivity contribution in [1.29, 1.82) is 0 Å². The minimum Gasteiger partial charge on any atom is -0.378 e. The van der Waals surface area contributed by atoms with Gasteiger partial charge in [0.05, 0.1) is 12.3 Å². The van der Waals surface area contributed by atoms with E-state index < -0.39 is 12.4 Å². The summed E-state index contributed by atoms with van der Waals surface area (Å²) in [5, 5.41) is 20.2. The molecule has 0 amide bonds. The predicted molar refractivity (Wildman–Crippen MR) is 97.6 cm³/mol. The highest BCUT2D eigenvalue weighted by Crippen LogP contribution is 2.37. The summed E-state index contributed by atoms with van der Waals surface area (Å²) in [7, 11) is 0.